The number of aromatic nitrogens is 2. The van der Waals surface area contributed by atoms with Crippen LogP contribution in [0.2, 0.25) is 0 Å². The highest BCUT2D eigenvalue weighted by atomic mass is 32.3. The number of aryl methyl sites for hydroxylation is 2. The third-order valence-electron chi connectivity index (χ3n) is 3.02. The van der Waals surface area contributed by atoms with E-state index in [1.807, 2.05) is 6.20 Å². The Balaban J connectivity index is 0.000000511. The van der Waals surface area contributed by atoms with E-state index in [1.165, 1.54) is 37.9 Å². The number of sulfonamides is 2. The molecule has 0 amide bonds. The molecule has 1 rings (SSSR count). The van der Waals surface area contributed by atoms with Gasteiger partial charge in [-0.3, -0.25) is 0 Å². The number of nitrogens with one attached hydrogen (secondary N) is 1. The Bertz CT molecular complexity index is 743. The molecule has 0 bridgehead atoms. The van der Waals surface area contributed by atoms with Crippen LogP contribution in [0.4, 0.5) is 26.3 Å². The van der Waals surface area contributed by atoms with Gasteiger partial charge in [-0.2, -0.15) is 26.3 Å². The van der Waals surface area contributed by atoms with Crippen LogP contribution in [0, 0.1) is 0 Å². The number of imidazole rings is 1. The molecule has 0 aliphatic rings. The molecule has 0 saturated carbocycles. The molecule has 27 heavy (non-hydrogen) atoms. The number of hydrogen-bond donors (Lipinski definition) is 1. The van der Waals surface area contributed by atoms with Gasteiger partial charge in [0.05, 0.1) is 7.05 Å². The third kappa shape index (κ3) is 8.47. The summed E-state index contributed by atoms with van der Waals surface area (Å²) < 4.78 is 111. The van der Waals surface area contributed by atoms with Crippen LogP contribution in [-0.2, 0) is 33.5 Å². The molecular weight excluding hydrogens is 428 g/mol. The number of unbranched alkanes of at least 4 members (excludes halogenated alkanes) is 3. The Morgan fingerprint density at radius 2 is 1.44 bits per heavy atom. The van der Waals surface area contributed by atoms with Crippen molar-refractivity contribution >= 4 is 20.0 Å². The summed E-state index contributed by atoms with van der Waals surface area (Å²) in [4.78, 5) is 3.25. The van der Waals surface area contributed by atoms with Crippen molar-refractivity contribution in [3.05, 3.63) is 22.3 Å². The normalized spacial score (nSPS) is 13.2. The van der Waals surface area contributed by atoms with Gasteiger partial charge in [-0.05, 0) is 6.42 Å². The Labute approximate surface area is 152 Å². The summed E-state index contributed by atoms with van der Waals surface area (Å²) in [5.41, 5.74) is -12.4. The summed E-state index contributed by atoms with van der Waals surface area (Å²) in [5.74, 6) is 1.34. The summed E-state index contributed by atoms with van der Waals surface area (Å²) in [6.07, 6.45) is 10.6. The third-order valence-corrected chi connectivity index (χ3v) is 5.76. The van der Waals surface area contributed by atoms with Crippen LogP contribution in [0.5, 0.6) is 0 Å². The first-order valence-corrected chi connectivity index (χ1v) is 10.3. The van der Waals surface area contributed by atoms with Gasteiger partial charge in [0.25, 0.3) is 5.82 Å². The zero-order chi connectivity index (χ0) is 21.5. The SMILES string of the molecule is CCCCCCc1[nH]cc[n+]1C.O=S(=O)([N-]S(=O)(=O)C(F)(F)F)C(F)(F)F. The molecule has 0 aliphatic carbocycles. The second kappa shape index (κ2) is 9.73. The van der Waals surface area contributed by atoms with Crippen molar-refractivity contribution in [2.75, 3.05) is 0 Å². The van der Waals surface area contributed by atoms with Crippen LogP contribution >= 0.6 is 0 Å². The minimum absolute atomic E-state index is 0.778. The maximum atomic E-state index is 11.4. The fourth-order valence-corrected chi connectivity index (χ4v) is 3.33. The average Bonchev–Trinajstić information content (AvgIpc) is 2.86. The van der Waals surface area contributed by atoms with Crippen LogP contribution in [-0.4, -0.2) is 32.8 Å². The smallest absolute Gasteiger partial charge is 0.421 e. The van der Waals surface area contributed by atoms with Crippen molar-refractivity contribution in [2.45, 2.75) is 50.0 Å². The van der Waals surface area contributed by atoms with Gasteiger partial charge in [-0.25, -0.2) is 26.4 Å². The van der Waals surface area contributed by atoms with E-state index in [2.05, 4.69) is 29.7 Å². The van der Waals surface area contributed by atoms with Crippen LogP contribution in [0.1, 0.15) is 38.4 Å². The van der Waals surface area contributed by atoms with E-state index >= 15 is 0 Å². The van der Waals surface area contributed by atoms with Crippen molar-refractivity contribution < 1.29 is 47.7 Å². The van der Waals surface area contributed by atoms with E-state index < -0.39 is 31.1 Å². The first-order chi connectivity index (χ1) is 12.0. The molecule has 1 aromatic rings. The number of aromatic amines is 1. The largest absolute Gasteiger partial charge is 0.480 e. The molecule has 1 heterocycles. The highest BCUT2D eigenvalue weighted by Gasteiger charge is 2.46. The van der Waals surface area contributed by atoms with Crippen LogP contribution < -0.4 is 4.57 Å². The lowest BCUT2D eigenvalue weighted by Gasteiger charge is -2.22. The van der Waals surface area contributed by atoms with Crippen LogP contribution in [0.15, 0.2) is 12.4 Å². The topological polar surface area (TPSA) is 102 Å². The van der Waals surface area contributed by atoms with E-state index in [0.717, 1.165) is 4.13 Å². The van der Waals surface area contributed by atoms with E-state index in [4.69, 9.17) is 0 Å². The predicted molar refractivity (Wildman–Crippen MR) is 83.1 cm³/mol. The van der Waals surface area contributed by atoms with Gasteiger partial charge in [0.2, 0.25) is 0 Å². The molecule has 1 aromatic heterocycles. The van der Waals surface area contributed by atoms with E-state index in [1.54, 1.807) is 0 Å². The highest BCUT2D eigenvalue weighted by Crippen LogP contribution is 2.36. The summed E-state index contributed by atoms with van der Waals surface area (Å²) in [6.45, 7) is 2.24. The number of nitrogens with zero attached hydrogens (tertiary/aromatic N) is 2. The lowest BCUT2D eigenvalue weighted by molar-refractivity contribution is -0.677. The van der Waals surface area contributed by atoms with E-state index in [9.17, 15) is 43.2 Å². The minimum atomic E-state index is -6.72. The van der Waals surface area contributed by atoms with Crippen molar-refractivity contribution in [1.82, 2.24) is 4.98 Å². The zero-order valence-electron chi connectivity index (χ0n) is 14.3. The van der Waals surface area contributed by atoms with Gasteiger partial charge in [-0.15, -0.1) is 0 Å². The Morgan fingerprint density at radius 1 is 0.963 bits per heavy atom. The van der Waals surface area contributed by atoms with Gasteiger partial charge in [0, 0.05) is 6.42 Å². The molecular formula is C12H19F6N3O4S2. The maximum absolute atomic E-state index is 11.4. The number of halogens is 6. The molecule has 160 valence electrons. The standard InChI is InChI=1S/C10H18N2.C2F6NO4S2/c1-3-4-5-6-7-10-11-8-9-12(10)2;3-1(4,5)14(10,11)9-15(12,13)2(6,7)8/h8-9H,3-7H2,1-2H3;/q;-1/p+1. The molecule has 0 radical (unpaired) electrons. The monoisotopic (exact) mass is 447 g/mol. The predicted octanol–water partition coefficient (Wildman–Crippen LogP) is 3.02. The van der Waals surface area contributed by atoms with Gasteiger partial charge in [0.1, 0.15) is 12.4 Å². The molecule has 0 saturated heterocycles. The molecule has 0 fully saturated rings. The van der Waals surface area contributed by atoms with Crippen molar-refractivity contribution in [1.29, 1.82) is 0 Å². The molecule has 15 heteroatoms. The molecule has 0 spiro atoms. The molecule has 0 unspecified atom stereocenters. The Kier molecular flexibility index (Phi) is 9.24. The van der Waals surface area contributed by atoms with Crippen molar-refractivity contribution in [2.24, 2.45) is 7.05 Å². The Morgan fingerprint density at radius 3 is 1.78 bits per heavy atom. The maximum Gasteiger partial charge on any atom is 0.480 e. The number of H-pyrrole nitrogens is 1. The second-order valence-electron chi connectivity index (χ2n) is 5.24. The fraction of sp³-hybridized carbons (Fsp3) is 0.750. The van der Waals surface area contributed by atoms with Crippen molar-refractivity contribution in [3.8, 4) is 0 Å². The fourth-order valence-electron chi connectivity index (χ4n) is 1.62. The molecule has 1 N–H and O–H groups in total. The zero-order valence-corrected chi connectivity index (χ0v) is 15.9. The quantitative estimate of drug-likeness (QED) is 0.394. The molecule has 7 nitrogen and oxygen atoms in total. The highest BCUT2D eigenvalue weighted by molar-refractivity contribution is 8.13. The number of rotatable bonds is 7. The molecule has 0 aliphatic heterocycles. The van der Waals surface area contributed by atoms with Gasteiger partial charge in [-0.1, -0.05) is 26.2 Å². The minimum Gasteiger partial charge on any atom is -0.421 e. The molecule has 0 aromatic carbocycles. The Hall–Kier alpha value is -1.35. The second-order valence-corrected chi connectivity index (χ2v) is 8.67. The van der Waals surface area contributed by atoms with E-state index in [-0.39, 0.29) is 0 Å². The first kappa shape index (κ1) is 25.6. The first-order valence-electron chi connectivity index (χ1n) is 7.44. The van der Waals surface area contributed by atoms with E-state index in [0.29, 0.717) is 0 Å². The number of hydrogen-bond acceptors (Lipinski definition) is 4. The van der Waals surface area contributed by atoms with Crippen LogP contribution in [0.25, 0.3) is 4.13 Å². The van der Waals surface area contributed by atoms with Gasteiger partial charge < -0.3 is 4.13 Å². The van der Waals surface area contributed by atoms with Crippen molar-refractivity contribution in [3.63, 3.8) is 0 Å². The lowest BCUT2D eigenvalue weighted by Crippen LogP contribution is -2.30. The summed E-state index contributed by atoms with van der Waals surface area (Å²) >= 11 is 0. The van der Waals surface area contributed by atoms with Gasteiger partial charge in [0.15, 0.2) is 20.0 Å². The summed E-state index contributed by atoms with van der Waals surface area (Å²) in [5, 5.41) is 0. The average molecular weight is 447 g/mol. The summed E-state index contributed by atoms with van der Waals surface area (Å²) in [6, 6.07) is 0. The lowest BCUT2D eigenvalue weighted by atomic mass is 10.1. The van der Waals surface area contributed by atoms with Crippen LogP contribution in [0.3, 0.4) is 0 Å². The number of alkyl halides is 6. The van der Waals surface area contributed by atoms with Gasteiger partial charge >= 0.3 is 11.0 Å². The molecule has 0 atom stereocenters. The summed E-state index contributed by atoms with van der Waals surface area (Å²) in [7, 11) is -11.4.